The minimum absolute atomic E-state index is 0.281. The molecular weight excluding hydrogens is 166 g/mol. The standard InChI is InChI=1S/C10H13NO2/c1-4-13-10(12)9-5-7(2)11-8(3)6-9/h5-6H,4H2,1-3H3. The predicted molar refractivity (Wildman–Crippen MR) is 49.7 cm³/mol. The van der Waals surface area contributed by atoms with Crippen LogP contribution in [0.1, 0.15) is 28.7 Å². The molecule has 0 amide bonds. The molecule has 13 heavy (non-hydrogen) atoms. The molecule has 0 aliphatic rings. The molecule has 0 saturated heterocycles. The van der Waals surface area contributed by atoms with Crippen LogP contribution in [0.4, 0.5) is 0 Å². The highest BCUT2D eigenvalue weighted by molar-refractivity contribution is 5.89. The largest absolute Gasteiger partial charge is 0.462 e. The van der Waals surface area contributed by atoms with Gasteiger partial charge in [-0.15, -0.1) is 0 Å². The second-order valence-corrected chi connectivity index (χ2v) is 2.86. The minimum atomic E-state index is -0.281. The zero-order valence-electron chi connectivity index (χ0n) is 8.13. The molecule has 3 heteroatoms. The highest BCUT2D eigenvalue weighted by atomic mass is 16.5. The quantitative estimate of drug-likeness (QED) is 0.650. The summed E-state index contributed by atoms with van der Waals surface area (Å²) in [7, 11) is 0. The van der Waals surface area contributed by atoms with Crippen LogP contribution in [0.15, 0.2) is 12.1 Å². The van der Waals surface area contributed by atoms with Crippen molar-refractivity contribution in [2.45, 2.75) is 20.8 Å². The van der Waals surface area contributed by atoms with Gasteiger partial charge in [0.1, 0.15) is 0 Å². The van der Waals surface area contributed by atoms with Gasteiger partial charge in [0.05, 0.1) is 12.2 Å². The highest BCUT2D eigenvalue weighted by Crippen LogP contribution is 2.06. The van der Waals surface area contributed by atoms with Crippen molar-refractivity contribution < 1.29 is 9.53 Å². The van der Waals surface area contributed by atoms with Gasteiger partial charge in [0, 0.05) is 11.4 Å². The molecule has 1 rings (SSSR count). The molecule has 0 bridgehead atoms. The molecule has 0 N–H and O–H groups in total. The molecule has 0 spiro atoms. The van der Waals surface area contributed by atoms with E-state index in [0.717, 1.165) is 11.4 Å². The molecule has 70 valence electrons. The summed E-state index contributed by atoms with van der Waals surface area (Å²) in [5.41, 5.74) is 2.25. The van der Waals surface area contributed by atoms with Crippen LogP contribution >= 0.6 is 0 Å². The molecule has 3 nitrogen and oxygen atoms in total. The zero-order valence-corrected chi connectivity index (χ0v) is 8.13. The maximum atomic E-state index is 11.3. The van der Waals surface area contributed by atoms with Gasteiger partial charge in [0.2, 0.25) is 0 Å². The number of ether oxygens (including phenoxy) is 1. The Kier molecular flexibility index (Phi) is 3.01. The van der Waals surface area contributed by atoms with E-state index >= 15 is 0 Å². The SMILES string of the molecule is CCOC(=O)c1cc(C)nc(C)c1. The maximum absolute atomic E-state index is 11.3. The van der Waals surface area contributed by atoms with Crippen LogP contribution in [0.3, 0.4) is 0 Å². The monoisotopic (exact) mass is 179 g/mol. The van der Waals surface area contributed by atoms with Crippen LogP contribution in [-0.4, -0.2) is 17.6 Å². The molecule has 0 radical (unpaired) electrons. The molecule has 0 aromatic carbocycles. The van der Waals surface area contributed by atoms with Gasteiger partial charge in [-0.25, -0.2) is 4.79 Å². The Balaban J connectivity index is 2.94. The molecule has 1 aromatic rings. The lowest BCUT2D eigenvalue weighted by molar-refractivity contribution is 0.0526. The van der Waals surface area contributed by atoms with Crippen molar-refractivity contribution in [3.8, 4) is 0 Å². The first-order chi connectivity index (χ1) is 6.13. The molecule has 0 aliphatic heterocycles. The lowest BCUT2D eigenvalue weighted by atomic mass is 10.2. The number of pyridine rings is 1. The van der Waals surface area contributed by atoms with Gasteiger partial charge in [-0.3, -0.25) is 4.98 Å². The van der Waals surface area contributed by atoms with E-state index in [9.17, 15) is 4.79 Å². The van der Waals surface area contributed by atoms with E-state index in [0.29, 0.717) is 12.2 Å². The van der Waals surface area contributed by atoms with E-state index in [1.807, 2.05) is 13.8 Å². The number of hydrogen-bond acceptors (Lipinski definition) is 3. The van der Waals surface area contributed by atoms with Crippen LogP contribution in [-0.2, 0) is 4.74 Å². The van der Waals surface area contributed by atoms with E-state index in [1.165, 1.54) is 0 Å². The van der Waals surface area contributed by atoms with Gasteiger partial charge in [-0.1, -0.05) is 0 Å². The Morgan fingerprint density at radius 3 is 2.38 bits per heavy atom. The smallest absolute Gasteiger partial charge is 0.338 e. The van der Waals surface area contributed by atoms with E-state index in [1.54, 1.807) is 19.1 Å². The number of aryl methyl sites for hydroxylation is 2. The van der Waals surface area contributed by atoms with Crippen LogP contribution in [0, 0.1) is 13.8 Å². The van der Waals surface area contributed by atoms with Crippen LogP contribution < -0.4 is 0 Å². The topological polar surface area (TPSA) is 39.2 Å². The lowest BCUT2D eigenvalue weighted by Gasteiger charge is -2.03. The molecule has 0 atom stereocenters. The van der Waals surface area contributed by atoms with Gasteiger partial charge in [0.25, 0.3) is 0 Å². The number of carbonyl (C=O) groups is 1. The Morgan fingerprint density at radius 2 is 1.92 bits per heavy atom. The molecule has 0 unspecified atom stereocenters. The number of esters is 1. The average Bonchev–Trinajstić information content (AvgIpc) is 2.03. The number of carbonyl (C=O) groups excluding carboxylic acids is 1. The van der Waals surface area contributed by atoms with E-state index < -0.39 is 0 Å². The normalized spacial score (nSPS) is 9.77. The maximum Gasteiger partial charge on any atom is 0.338 e. The lowest BCUT2D eigenvalue weighted by Crippen LogP contribution is -2.06. The second-order valence-electron chi connectivity index (χ2n) is 2.86. The molecule has 1 heterocycles. The third kappa shape index (κ3) is 2.54. The summed E-state index contributed by atoms with van der Waals surface area (Å²) in [5.74, 6) is -0.281. The summed E-state index contributed by atoms with van der Waals surface area (Å²) in [6.07, 6.45) is 0. The van der Waals surface area contributed by atoms with Gasteiger partial charge in [-0.05, 0) is 32.9 Å². The van der Waals surface area contributed by atoms with Crippen LogP contribution in [0.25, 0.3) is 0 Å². The number of nitrogens with zero attached hydrogens (tertiary/aromatic N) is 1. The summed E-state index contributed by atoms with van der Waals surface area (Å²) >= 11 is 0. The van der Waals surface area contributed by atoms with Crippen molar-refractivity contribution in [1.82, 2.24) is 4.98 Å². The van der Waals surface area contributed by atoms with Crippen molar-refractivity contribution in [1.29, 1.82) is 0 Å². The molecule has 0 saturated carbocycles. The van der Waals surface area contributed by atoms with Crippen LogP contribution in [0.2, 0.25) is 0 Å². The predicted octanol–water partition coefficient (Wildman–Crippen LogP) is 1.88. The van der Waals surface area contributed by atoms with Crippen molar-refractivity contribution >= 4 is 5.97 Å². The number of aromatic nitrogens is 1. The molecule has 0 aliphatic carbocycles. The fourth-order valence-corrected chi connectivity index (χ4v) is 1.17. The summed E-state index contributed by atoms with van der Waals surface area (Å²) in [4.78, 5) is 15.5. The fraction of sp³-hybridized carbons (Fsp3) is 0.400. The van der Waals surface area contributed by atoms with Crippen LogP contribution in [0.5, 0.6) is 0 Å². The average molecular weight is 179 g/mol. The Bertz CT molecular complexity index is 300. The first-order valence-corrected chi connectivity index (χ1v) is 4.26. The van der Waals surface area contributed by atoms with Crippen molar-refractivity contribution in [3.05, 3.63) is 29.1 Å². The Hall–Kier alpha value is -1.38. The molecule has 1 aromatic heterocycles. The first kappa shape index (κ1) is 9.71. The van der Waals surface area contributed by atoms with Gasteiger partial charge in [-0.2, -0.15) is 0 Å². The summed E-state index contributed by atoms with van der Waals surface area (Å²) in [6, 6.07) is 3.45. The fourth-order valence-electron chi connectivity index (χ4n) is 1.17. The first-order valence-electron chi connectivity index (χ1n) is 4.26. The molecular formula is C10H13NO2. The van der Waals surface area contributed by atoms with Crippen molar-refractivity contribution in [3.63, 3.8) is 0 Å². The Morgan fingerprint density at radius 1 is 1.38 bits per heavy atom. The highest BCUT2D eigenvalue weighted by Gasteiger charge is 2.07. The second kappa shape index (κ2) is 4.03. The third-order valence-corrected chi connectivity index (χ3v) is 1.59. The van der Waals surface area contributed by atoms with E-state index in [-0.39, 0.29) is 5.97 Å². The Labute approximate surface area is 77.8 Å². The zero-order chi connectivity index (χ0) is 9.84. The summed E-state index contributed by atoms with van der Waals surface area (Å²) < 4.78 is 4.87. The number of hydrogen-bond donors (Lipinski definition) is 0. The van der Waals surface area contributed by atoms with E-state index in [4.69, 9.17) is 4.74 Å². The van der Waals surface area contributed by atoms with Gasteiger partial charge < -0.3 is 4.74 Å². The minimum Gasteiger partial charge on any atom is -0.462 e. The third-order valence-electron chi connectivity index (χ3n) is 1.59. The summed E-state index contributed by atoms with van der Waals surface area (Å²) in [6.45, 7) is 5.91. The summed E-state index contributed by atoms with van der Waals surface area (Å²) in [5, 5.41) is 0. The van der Waals surface area contributed by atoms with Gasteiger partial charge in [0.15, 0.2) is 0 Å². The van der Waals surface area contributed by atoms with Crippen molar-refractivity contribution in [2.75, 3.05) is 6.61 Å². The van der Waals surface area contributed by atoms with Crippen molar-refractivity contribution in [2.24, 2.45) is 0 Å². The molecule has 0 fully saturated rings. The van der Waals surface area contributed by atoms with Gasteiger partial charge >= 0.3 is 5.97 Å². The van der Waals surface area contributed by atoms with E-state index in [2.05, 4.69) is 4.98 Å². The number of rotatable bonds is 2.